The summed E-state index contributed by atoms with van der Waals surface area (Å²) in [5.74, 6) is 0. The highest BCUT2D eigenvalue weighted by molar-refractivity contribution is 9.10. The molecule has 5 heteroatoms. The van der Waals surface area contributed by atoms with Crippen LogP contribution < -0.4 is 0 Å². The number of halogens is 1. The molecule has 0 bridgehead atoms. The zero-order valence-corrected chi connectivity index (χ0v) is 14.7. The molecule has 0 atom stereocenters. The van der Waals surface area contributed by atoms with Crippen LogP contribution in [-0.4, -0.2) is 46.5 Å². The Morgan fingerprint density at radius 3 is 2.57 bits per heavy atom. The van der Waals surface area contributed by atoms with Gasteiger partial charge in [-0.1, -0.05) is 34.8 Å². The van der Waals surface area contributed by atoms with Crippen LogP contribution in [0.25, 0.3) is 0 Å². The third-order valence-electron chi connectivity index (χ3n) is 4.99. The summed E-state index contributed by atoms with van der Waals surface area (Å²) in [4.78, 5) is 4.14. The molecule has 0 aromatic heterocycles. The molecule has 0 radical (unpaired) electrons. The van der Waals surface area contributed by atoms with Crippen molar-refractivity contribution in [1.29, 1.82) is 0 Å². The van der Waals surface area contributed by atoms with E-state index in [2.05, 4.69) is 48.5 Å². The van der Waals surface area contributed by atoms with Crippen molar-refractivity contribution in [1.82, 2.24) is 14.3 Å². The molecule has 0 spiro atoms. The average Bonchev–Trinajstić information content (AvgIpc) is 3.16. The Kier molecular flexibility index (Phi) is 4.29. The topological polar surface area (TPSA) is 9.72 Å². The first-order valence-corrected chi connectivity index (χ1v) is 9.59. The van der Waals surface area contributed by atoms with Crippen molar-refractivity contribution in [3.05, 3.63) is 28.2 Å². The van der Waals surface area contributed by atoms with E-state index in [1.54, 1.807) is 0 Å². The van der Waals surface area contributed by atoms with Gasteiger partial charge >= 0.3 is 0 Å². The lowest BCUT2D eigenvalue weighted by Crippen LogP contribution is -2.52. The number of piperazine rings is 1. The Bertz CT molecular complexity index is 510. The smallest absolute Gasteiger partial charge is 0.0513 e. The van der Waals surface area contributed by atoms with Crippen LogP contribution in [-0.2, 0) is 6.54 Å². The van der Waals surface area contributed by atoms with Gasteiger partial charge in [0.1, 0.15) is 0 Å². The van der Waals surface area contributed by atoms with Gasteiger partial charge in [0.2, 0.25) is 0 Å². The first-order chi connectivity index (χ1) is 10.3. The van der Waals surface area contributed by atoms with Crippen LogP contribution >= 0.6 is 27.9 Å². The van der Waals surface area contributed by atoms with Crippen molar-refractivity contribution in [3.63, 3.8) is 0 Å². The summed E-state index contributed by atoms with van der Waals surface area (Å²) in [6, 6.07) is 7.53. The van der Waals surface area contributed by atoms with Crippen molar-refractivity contribution >= 4 is 27.9 Å². The summed E-state index contributed by atoms with van der Waals surface area (Å²) < 4.78 is 3.64. The second-order valence-electron chi connectivity index (χ2n) is 6.28. The lowest BCUT2D eigenvalue weighted by molar-refractivity contribution is 0.000820. The third-order valence-corrected chi connectivity index (χ3v) is 6.63. The number of fused-ring (bicyclic) bond motifs is 1. The minimum Gasteiger partial charge on any atom is -0.298 e. The summed E-state index contributed by atoms with van der Waals surface area (Å²) >= 11 is 5.48. The standard InChI is InChI=1S/C16H22BrN3S/c17-14-6-5-13-12-20(21-16(13)11-14)19-9-7-18(8-10-19)15-3-1-2-4-15/h5-6,11,15H,1-4,7-10,12H2. The van der Waals surface area contributed by atoms with E-state index in [0.29, 0.717) is 0 Å². The van der Waals surface area contributed by atoms with Crippen molar-refractivity contribution in [2.45, 2.75) is 43.2 Å². The molecule has 1 aromatic rings. The SMILES string of the molecule is Brc1ccc2c(c1)SN(N1CCN(C3CCCC3)CC1)C2. The van der Waals surface area contributed by atoms with Gasteiger partial charge in [0.25, 0.3) is 0 Å². The van der Waals surface area contributed by atoms with E-state index in [9.17, 15) is 0 Å². The first-order valence-electron chi connectivity index (χ1n) is 8.02. The maximum Gasteiger partial charge on any atom is 0.0513 e. The van der Waals surface area contributed by atoms with E-state index in [0.717, 1.165) is 12.6 Å². The Morgan fingerprint density at radius 2 is 1.81 bits per heavy atom. The normalized spacial score (nSPS) is 25.6. The molecule has 1 saturated carbocycles. The van der Waals surface area contributed by atoms with E-state index < -0.39 is 0 Å². The molecule has 2 aliphatic heterocycles. The molecular weight excluding hydrogens is 346 g/mol. The molecule has 2 fully saturated rings. The number of nitrogens with zero attached hydrogens (tertiary/aromatic N) is 3. The second-order valence-corrected chi connectivity index (χ2v) is 8.24. The maximum atomic E-state index is 3.57. The van der Waals surface area contributed by atoms with Gasteiger partial charge in [0.15, 0.2) is 0 Å². The highest BCUT2D eigenvalue weighted by Gasteiger charge is 2.31. The predicted molar refractivity (Wildman–Crippen MR) is 90.9 cm³/mol. The fourth-order valence-electron chi connectivity index (χ4n) is 3.76. The number of hydrazine groups is 1. The summed E-state index contributed by atoms with van der Waals surface area (Å²) in [5.41, 5.74) is 1.46. The van der Waals surface area contributed by atoms with Gasteiger partial charge in [-0.25, -0.2) is 5.01 Å². The largest absolute Gasteiger partial charge is 0.298 e. The summed E-state index contributed by atoms with van der Waals surface area (Å²) in [5, 5.41) is 2.55. The minimum absolute atomic E-state index is 0.881. The van der Waals surface area contributed by atoms with Crippen molar-refractivity contribution in [2.75, 3.05) is 26.2 Å². The lowest BCUT2D eigenvalue weighted by Gasteiger charge is -2.40. The van der Waals surface area contributed by atoms with Crippen molar-refractivity contribution in [3.8, 4) is 0 Å². The molecule has 2 heterocycles. The zero-order chi connectivity index (χ0) is 14.2. The van der Waals surface area contributed by atoms with Crippen LogP contribution in [0.5, 0.6) is 0 Å². The Labute approximate surface area is 139 Å². The highest BCUT2D eigenvalue weighted by atomic mass is 79.9. The van der Waals surface area contributed by atoms with E-state index in [1.807, 2.05) is 11.9 Å². The van der Waals surface area contributed by atoms with Gasteiger partial charge in [0, 0.05) is 41.6 Å². The van der Waals surface area contributed by atoms with Crippen LogP contribution in [0.4, 0.5) is 0 Å². The minimum atomic E-state index is 0.881. The summed E-state index contributed by atoms with van der Waals surface area (Å²) in [6.45, 7) is 5.89. The molecule has 1 saturated heterocycles. The fraction of sp³-hybridized carbons (Fsp3) is 0.625. The molecule has 0 unspecified atom stereocenters. The predicted octanol–water partition coefficient (Wildman–Crippen LogP) is 3.75. The van der Waals surface area contributed by atoms with Gasteiger partial charge in [-0.3, -0.25) is 4.90 Å². The summed E-state index contributed by atoms with van der Waals surface area (Å²) in [7, 11) is 0. The highest BCUT2D eigenvalue weighted by Crippen LogP contribution is 2.39. The second kappa shape index (κ2) is 6.20. The van der Waals surface area contributed by atoms with E-state index in [-0.39, 0.29) is 0 Å². The molecule has 3 aliphatic rings. The van der Waals surface area contributed by atoms with Crippen LogP contribution in [0.3, 0.4) is 0 Å². The molecule has 114 valence electrons. The molecule has 4 rings (SSSR count). The lowest BCUT2D eigenvalue weighted by atomic mass is 10.2. The first kappa shape index (κ1) is 14.5. The summed E-state index contributed by atoms with van der Waals surface area (Å²) in [6.07, 6.45) is 5.74. The molecule has 1 aromatic carbocycles. The molecule has 0 N–H and O–H groups in total. The Hall–Kier alpha value is -0.0700. The molecular formula is C16H22BrN3S. The number of hydrogen-bond acceptors (Lipinski definition) is 4. The molecule has 21 heavy (non-hydrogen) atoms. The van der Waals surface area contributed by atoms with Crippen molar-refractivity contribution in [2.24, 2.45) is 0 Å². The average molecular weight is 368 g/mol. The zero-order valence-electron chi connectivity index (χ0n) is 12.3. The van der Waals surface area contributed by atoms with Gasteiger partial charge in [-0.15, -0.1) is 0 Å². The number of hydrogen-bond donors (Lipinski definition) is 0. The quantitative estimate of drug-likeness (QED) is 0.736. The van der Waals surface area contributed by atoms with Gasteiger partial charge in [-0.2, -0.15) is 4.41 Å². The van der Waals surface area contributed by atoms with E-state index in [4.69, 9.17) is 0 Å². The van der Waals surface area contributed by atoms with E-state index in [1.165, 1.54) is 66.8 Å². The van der Waals surface area contributed by atoms with Gasteiger partial charge in [-0.05, 0) is 42.5 Å². The number of rotatable bonds is 2. The van der Waals surface area contributed by atoms with Gasteiger partial charge < -0.3 is 0 Å². The van der Waals surface area contributed by atoms with Crippen LogP contribution in [0.1, 0.15) is 31.2 Å². The maximum absolute atomic E-state index is 3.57. The van der Waals surface area contributed by atoms with Crippen LogP contribution in [0, 0.1) is 0 Å². The molecule has 0 amide bonds. The Morgan fingerprint density at radius 1 is 1.05 bits per heavy atom. The number of benzene rings is 1. The van der Waals surface area contributed by atoms with E-state index >= 15 is 0 Å². The van der Waals surface area contributed by atoms with Crippen LogP contribution in [0.15, 0.2) is 27.6 Å². The van der Waals surface area contributed by atoms with Gasteiger partial charge in [0.05, 0.1) is 6.54 Å². The Balaban J connectivity index is 1.35. The fourth-order valence-corrected chi connectivity index (χ4v) is 5.41. The monoisotopic (exact) mass is 367 g/mol. The molecule has 3 nitrogen and oxygen atoms in total. The van der Waals surface area contributed by atoms with Crippen LogP contribution in [0.2, 0.25) is 0 Å². The third kappa shape index (κ3) is 3.04. The molecule has 1 aliphatic carbocycles. The van der Waals surface area contributed by atoms with Crippen molar-refractivity contribution < 1.29 is 0 Å².